The van der Waals surface area contributed by atoms with Crippen LogP contribution in [0.4, 0.5) is 11.5 Å². The Bertz CT molecular complexity index is 1070. The summed E-state index contributed by atoms with van der Waals surface area (Å²) < 4.78 is 4.46. The Balaban J connectivity index is 1.24. The Morgan fingerprint density at radius 2 is 1.76 bits per heavy atom. The summed E-state index contributed by atoms with van der Waals surface area (Å²) >= 11 is 2.10. The summed E-state index contributed by atoms with van der Waals surface area (Å²) in [7, 11) is 4.32. The third kappa shape index (κ3) is 5.47. The number of aromatic nitrogens is 4. The van der Waals surface area contributed by atoms with E-state index in [0.29, 0.717) is 6.04 Å². The van der Waals surface area contributed by atoms with Crippen LogP contribution in [-0.4, -0.2) is 80.6 Å². The third-order valence-electron chi connectivity index (χ3n) is 6.94. The van der Waals surface area contributed by atoms with E-state index in [0.717, 1.165) is 60.7 Å². The van der Waals surface area contributed by atoms with Gasteiger partial charge in [-0.25, -0.2) is 0 Å². The second kappa shape index (κ2) is 10.5. The quantitative estimate of drug-likeness (QED) is 0.514. The van der Waals surface area contributed by atoms with E-state index in [9.17, 15) is 0 Å². The van der Waals surface area contributed by atoms with Crippen LogP contribution in [0.25, 0.3) is 5.65 Å². The molecule has 0 aliphatic carbocycles. The fraction of sp³-hybridized carbons (Fsp3) is 0.560. The molecule has 182 valence electrons. The topological polar surface area (TPSA) is 64.8 Å². The molecule has 2 saturated heterocycles. The predicted octanol–water partition coefficient (Wildman–Crippen LogP) is 3.69. The lowest BCUT2D eigenvalue weighted by Crippen LogP contribution is -2.38. The molecule has 2 aliphatic heterocycles. The second-order valence-electron chi connectivity index (χ2n) is 9.70. The lowest BCUT2D eigenvalue weighted by atomic mass is 10.1. The van der Waals surface area contributed by atoms with Crippen LogP contribution < -0.4 is 10.2 Å². The lowest BCUT2D eigenvalue weighted by Gasteiger charge is -2.36. The number of nitrogens with one attached hydrogen (secondary N) is 1. The number of anilines is 2. The van der Waals surface area contributed by atoms with Gasteiger partial charge in [-0.3, -0.25) is 4.31 Å². The van der Waals surface area contributed by atoms with Crippen LogP contribution in [0.1, 0.15) is 37.1 Å². The summed E-state index contributed by atoms with van der Waals surface area (Å²) in [4.78, 5) is 4.63. The smallest absolute Gasteiger partial charge is 0.201 e. The van der Waals surface area contributed by atoms with E-state index in [4.69, 9.17) is 5.10 Å². The number of benzene rings is 1. The molecule has 1 aromatic carbocycles. The maximum Gasteiger partial charge on any atom is 0.201 e. The highest BCUT2D eigenvalue weighted by molar-refractivity contribution is 7.97. The van der Waals surface area contributed by atoms with Gasteiger partial charge in [-0.2, -0.15) is 4.52 Å². The van der Waals surface area contributed by atoms with Crippen LogP contribution in [0.5, 0.6) is 0 Å². The molecule has 0 unspecified atom stereocenters. The van der Waals surface area contributed by atoms with Crippen LogP contribution in [0.2, 0.25) is 0 Å². The van der Waals surface area contributed by atoms with E-state index in [-0.39, 0.29) is 0 Å². The van der Waals surface area contributed by atoms with Gasteiger partial charge in [-0.05, 0) is 58.3 Å². The normalized spacial score (nSPS) is 19.0. The van der Waals surface area contributed by atoms with E-state index in [1.165, 1.54) is 31.5 Å². The first kappa shape index (κ1) is 23.4. The van der Waals surface area contributed by atoms with Gasteiger partial charge in [-0.1, -0.05) is 42.3 Å². The summed E-state index contributed by atoms with van der Waals surface area (Å²) in [5, 5.41) is 18.1. The van der Waals surface area contributed by atoms with Gasteiger partial charge >= 0.3 is 0 Å². The molecule has 9 heteroatoms. The Hall–Kier alpha value is -2.36. The van der Waals surface area contributed by atoms with Crippen LogP contribution in [0.15, 0.2) is 36.4 Å². The number of piperidine rings is 2. The summed E-state index contributed by atoms with van der Waals surface area (Å²) in [5.41, 5.74) is 3.08. The minimum Gasteiger partial charge on any atom is -0.379 e. The van der Waals surface area contributed by atoms with Crippen molar-refractivity contribution in [3.8, 4) is 0 Å². The van der Waals surface area contributed by atoms with Crippen molar-refractivity contribution in [1.82, 2.24) is 29.0 Å². The van der Waals surface area contributed by atoms with E-state index in [1.54, 1.807) is 0 Å². The molecular weight excluding hydrogens is 444 g/mol. The Morgan fingerprint density at radius 1 is 1.03 bits per heavy atom. The zero-order valence-corrected chi connectivity index (χ0v) is 21.3. The van der Waals surface area contributed by atoms with E-state index in [2.05, 4.69) is 86.0 Å². The second-order valence-corrected chi connectivity index (χ2v) is 11.1. The van der Waals surface area contributed by atoms with E-state index < -0.39 is 0 Å². The zero-order valence-electron chi connectivity index (χ0n) is 20.5. The summed E-state index contributed by atoms with van der Waals surface area (Å²) in [6, 6.07) is 13.1. The molecule has 1 N–H and O–H groups in total. The molecular formula is C25H36N8S. The van der Waals surface area contributed by atoms with Gasteiger partial charge in [0.05, 0.1) is 5.69 Å². The highest BCUT2D eigenvalue weighted by Crippen LogP contribution is 2.30. The van der Waals surface area contributed by atoms with Gasteiger partial charge in [0.15, 0.2) is 11.6 Å². The predicted molar refractivity (Wildman–Crippen MR) is 140 cm³/mol. The number of hydrogen-bond donors (Lipinski definition) is 1. The van der Waals surface area contributed by atoms with E-state index in [1.807, 2.05) is 17.5 Å². The van der Waals surface area contributed by atoms with Gasteiger partial charge in [-0.15, -0.1) is 15.3 Å². The van der Waals surface area contributed by atoms with Gasteiger partial charge in [0.2, 0.25) is 5.65 Å². The molecule has 34 heavy (non-hydrogen) atoms. The van der Waals surface area contributed by atoms with Crippen LogP contribution >= 0.6 is 11.9 Å². The van der Waals surface area contributed by atoms with Crippen LogP contribution in [0, 0.1) is 6.92 Å². The van der Waals surface area contributed by atoms with Gasteiger partial charge < -0.3 is 15.1 Å². The Morgan fingerprint density at radius 3 is 2.50 bits per heavy atom. The minimum atomic E-state index is 0.435. The number of rotatable bonds is 7. The molecule has 0 bridgehead atoms. The summed E-state index contributed by atoms with van der Waals surface area (Å²) in [6.45, 7) is 7.47. The first-order chi connectivity index (χ1) is 16.5. The molecule has 2 aliphatic rings. The molecule has 8 nitrogen and oxygen atoms in total. The van der Waals surface area contributed by atoms with Crippen LogP contribution in [0.3, 0.4) is 0 Å². The molecule has 0 spiro atoms. The monoisotopic (exact) mass is 480 g/mol. The SMILES string of the molecule is Cc1nnc2c(NC3CCN(SC4CCN(C)CC4)CC3)cc(N(C)Cc3ccccc3)nn12. The molecule has 2 fully saturated rings. The van der Waals surface area contributed by atoms with Crippen molar-refractivity contribution < 1.29 is 0 Å². The van der Waals surface area contributed by atoms with Crippen molar-refractivity contribution in [1.29, 1.82) is 0 Å². The average molecular weight is 481 g/mol. The Labute approximate surface area is 206 Å². The number of fused-ring (bicyclic) bond motifs is 1. The van der Waals surface area contributed by atoms with Crippen LogP contribution in [-0.2, 0) is 6.54 Å². The maximum absolute atomic E-state index is 4.83. The molecule has 0 radical (unpaired) electrons. The standard InChI is InChI=1S/C25H36N8S/c1-19-27-28-25-23(17-24(29-33(19)25)31(3)18-20-7-5-4-6-8-20)26-21-9-15-32(16-10-21)34-22-11-13-30(2)14-12-22/h4-8,17,21-22,26H,9-16,18H2,1-3H3. The molecule has 0 saturated carbocycles. The molecule has 0 amide bonds. The van der Waals surface area contributed by atoms with Gasteiger partial charge in [0.1, 0.15) is 0 Å². The molecule has 3 aromatic rings. The summed E-state index contributed by atoms with van der Waals surface area (Å²) in [6.07, 6.45) is 4.88. The fourth-order valence-corrected chi connectivity index (χ4v) is 6.09. The number of hydrogen-bond acceptors (Lipinski definition) is 8. The first-order valence-electron chi connectivity index (χ1n) is 12.4. The number of likely N-dealkylation sites (tertiary alicyclic amines) is 1. The van der Waals surface area contributed by atoms with Crippen molar-refractivity contribution in [2.75, 3.05) is 50.5 Å². The summed E-state index contributed by atoms with van der Waals surface area (Å²) in [5.74, 6) is 1.72. The number of aryl methyl sites for hydroxylation is 1. The average Bonchev–Trinajstić information content (AvgIpc) is 3.23. The van der Waals surface area contributed by atoms with Crippen molar-refractivity contribution in [3.05, 3.63) is 47.8 Å². The van der Waals surface area contributed by atoms with Crippen molar-refractivity contribution in [3.63, 3.8) is 0 Å². The van der Waals surface area contributed by atoms with Gasteiger partial charge in [0, 0.05) is 44.0 Å². The fourth-order valence-electron chi connectivity index (χ4n) is 4.83. The zero-order chi connectivity index (χ0) is 23.5. The number of nitrogens with zero attached hydrogens (tertiary/aromatic N) is 7. The molecule has 4 heterocycles. The Kier molecular flexibility index (Phi) is 7.22. The van der Waals surface area contributed by atoms with Crippen molar-refractivity contribution in [2.24, 2.45) is 0 Å². The molecule has 2 aromatic heterocycles. The highest BCUT2D eigenvalue weighted by Gasteiger charge is 2.25. The lowest BCUT2D eigenvalue weighted by molar-refractivity contribution is 0.278. The molecule has 5 rings (SSSR count). The largest absolute Gasteiger partial charge is 0.379 e. The van der Waals surface area contributed by atoms with E-state index >= 15 is 0 Å². The molecule has 0 atom stereocenters. The van der Waals surface area contributed by atoms with Crippen molar-refractivity contribution in [2.45, 2.75) is 50.4 Å². The van der Waals surface area contributed by atoms with Gasteiger partial charge in [0.25, 0.3) is 0 Å². The maximum atomic E-state index is 4.83. The van der Waals surface area contributed by atoms with Crippen molar-refractivity contribution >= 4 is 29.1 Å². The third-order valence-corrected chi connectivity index (χ3v) is 8.38. The minimum absolute atomic E-state index is 0.435. The highest BCUT2D eigenvalue weighted by atomic mass is 32.2. The first-order valence-corrected chi connectivity index (χ1v) is 13.2.